The third-order valence-electron chi connectivity index (χ3n) is 7.49. The summed E-state index contributed by atoms with van der Waals surface area (Å²) in [6, 6.07) is 0. The van der Waals surface area contributed by atoms with E-state index in [9.17, 15) is 31.3 Å². The van der Waals surface area contributed by atoms with Crippen molar-refractivity contribution >= 4 is 26.8 Å². The molecule has 0 bridgehead atoms. The summed E-state index contributed by atoms with van der Waals surface area (Å²) in [7, 11) is -9.64. The van der Waals surface area contributed by atoms with Gasteiger partial charge in [-0.1, -0.05) is 31.1 Å². The lowest BCUT2D eigenvalue weighted by molar-refractivity contribution is -0.135. The number of rotatable bonds is 7. The Morgan fingerprint density at radius 3 is 2.32 bits per heavy atom. The summed E-state index contributed by atoms with van der Waals surface area (Å²) >= 11 is 0. The first-order chi connectivity index (χ1) is 15.1. The molecule has 2 fully saturated rings. The van der Waals surface area contributed by atoms with E-state index in [1.54, 1.807) is 13.0 Å². The van der Waals surface area contributed by atoms with E-state index in [1.165, 1.54) is 0 Å². The van der Waals surface area contributed by atoms with Gasteiger partial charge in [0.05, 0.1) is 18.3 Å². The average molecular weight is 529 g/mol. The molecule has 0 spiro atoms. The van der Waals surface area contributed by atoms with Crippen molar-refractivity contribution < 1.29 is 48.9 Å². The van der Waals surface area contributed by atoms with Crippen LogP contribution in [0, 0.1) is 16.7 Å². The van der Waals surface area contributed by atoms with Crippen molar-refractivity contribution in [2.75, 3.05) is 13.2 Å². The zero-order valence-corrected chi connectivity index (χ0v) is 21.3. The van der Waals surface area contributed by atoms with Crippen molar-refractivity contribution in [3.05, 3.63) is 22.8 Å². The van der Waals surface area contributed by atoms with Crippen LogP contribution in [0.5, 0.6) is 0 Å². The van der Waals surface area contributed by atoms with Crippen molar-refractivity contribution in [1.29, 1.82) is 0 Å². The van der Waals surface area contributed by atoms with Crippen LogP contribution in [0.25, 0.3) is 0 Å². The summed E-state index contributed by atoms with van der Waals surface area (Å²) in [6.45, 7) is 4.91. The van der Waals surface area contributed by atoms with Crippen LogP contribution in [0.1, 0.15) is 52.9 Å². The Bertz CT molecular complexity index is 1080. The fraction of sp³-hybridized carbons (Fsp3) is 0.750. The summed E-state index contributed by atoms with van der Waals surface area (Å²) < 4.78 is 78.6. The highest BCUT2D eigenvalue weighted by Gasteiger charge is 2.58. The standard InChI is InChI=1S/C20H30O11S2.H3N/c1-12-4-7-16-19(2,14(12)6-5-13-15(21)10-29-18(13)22)9-8-17(31-33(26,27)28)20(16,3)11-30-32(23,24)25;/h5,15-17,21H,4,6-11H2,1-3H3,(H,23,24,25)(H,26,27,28);1H3/p+1/b13-5+;/t15-,16?,17-,19+,20+;/m1./s1. The van der Waals surface area contributed by atoms with Crippen LogP contribution in [0.4, 0.5) is 0 Å². The maximum absolute atomic E-state index is 11.9. The van der Waals surface area contributed by atoms with Gasteiger partial charge < -0.3 is 16.0 Å². The monoisotopic (exact) mass is 528 g/mol. The van der Waals surface area contributed by atoms with Crippen LogP contribution in [0.15, 0.2) is 22.8 Å². The number of quaternary nitrogens is 1. The predicted octanol–water partition coefficient (Wildman–Crippen LogP) is 2.14. The summed E-state index contributed by atoms with van der Waals surface area (Å²) in [5, 5.41) is 10.00. The van der Waals surface area contributed by atoms with Crippen LogP contribution in [-0.4, -0.2) is 62.4 Å². The first-order valence-corrected chi connectivity index (χ1v) is 13.3. The molecule has 1 aliphatic heterocycles. The van der Waals surface area contributed by atoms with Gasteiger partial charge in [-0.2, -0.15) is 16.8 Å². The van der Waals surface area contributed by atoms with Crippen LogP contribution in [-0.2, 0) is 38.7 Å². The Kier molecular flexibility index (Phi) is 8.43. The third-order valence-corrected chi connectivity index (χ3v) is 8.38. The molecule has 7 N–H and O–H groups in total. The Balaban J connectivity index is 0.00000408. The van der Waals surface area contributed by atoms with E-state index in [0.717, 1.165) is 11.1 Å². The summed E-state index contributed by atoms with van der Waals surface area (Å²) in [6.07, 6.45) is 1.70. The second-order valence-corrected chi connectivity index (χ2v) is 11.6. The van der Waals surface area contributed by atoms with Crippen molar-refractivity contribution in [3.8, 4) is 0 Å². The molecule has 1 saturated carbocycles. The number of fused-ring (bicyclic) bond motifs is 1. The second-order valence-electron chi connectivity index (χ2n) is 9.49. The summed E-state index contributed by atoms with van der Waals surface area (Å²) in [4.78, 5) is 11.9. The number of allylic oxidation sites excluding steroid dienone is 3. The number of hydrogen-bond donors (Lipinski definition) is 4. The third kappa shape index (κ3) is 5.87. The Morgan fingerprint density at radius 1 is 1.15 bits per heavy atom. The van der Waals surface area contributed by atoms with Crippen molar-refractivity contribution in [2.45, 2.75) is 65.1 Å². The van der Waals surface area contributed by atoms with Gasteiger partial charge in [-0.3, -0.25) is 9.11 Å². The fourth-order valence-corrected chi connectivity index (χ4v) is 6.91. The Hall–Kier alpha value is -1.39. The van der Waals surface area contributed by atoms with Gasteiger partial charge in [-0.25, -0.2) is 13.2 Å². The number of hydrogen-bond acceptors (Lipinski definition) is 9. The topological polar surface area (TPSA) is 210 Å². The Labute approximate surface area is 199 Å². The van der Waals surface area contributed by atoms with Crippen LogP contribution in [0.3, 0.4) is 0 Å². The quantitative estimate of drug-likeness (QED) is 0.163. The minimum Gasteiger partial charge on any atom is -0.459 e. The average Bonchev–Trinajstić information content (AvgIpc) is 2.99. The highest BCUT2D eigenvalue weighted by molar-refractivity contribution is 7.81. The smallest absolute Gasteiger partial charge is 0.397 e. The number of aliphatic hydroxyl groups excluding tert-OH is 1. The normalized spacial score (nSPS) is 35.6. The van der Waals surface area contributed by atoms with Gasteiger partial charge in [0.2, 0.25) is 0 Å². The van der Waals surface area contributed by atoms with E-state index < -0.39 is 56.4 Å². The molecule has 0 aromatic heterocycles. The zero-order chi connectivity index (χ0) is 24.8. The van der Waals surface area contributed by atoms with Gasteiger partial charge in [0, 0.05) is 5.41 Å². The minimum atomic E-state index is -4.83. The molecular weight excluding hydrogens is 494 g/mol. The van der Waals surface area contributed by atoms with Gasteiger partial charge in [0.25, 0.3) is 0 Å². The van der Waals surface area contributed by atoms with E-state index in [2.05, 4.69) is 0 Å². The number of carbonyl (C=O) groups is 1. The Morgan fingerprint density at radius 2 is 1.79 bits per heavy atom. The first-order valence-electron chi connectivity index (χ1n) is 10.6. The number of ether oxygens (including phenoxy) is 1. The van der Waals surface area contributed by atoms with E-state index in [0.29, 0.717) is 25.7 Å². The molecule has 196 valence electrons. The van der Waals surface area contributed by atoms with Crippen LogP contribution >= 0.6 is 0 Å². The molecule has 0 aromatic carbocycles. The summed E-state index contributed by atoms with van der Waals surface area (Å²) in [5.41, 5.74) is 0.495. The van der Waals surface area contributed by atoms with Gasteiger partial charge in [-0.15, -0.1) is 0 Å². The molecular formula is C20H34NO11S2+. The maximum atomic E-state index is 11.9. The van der Waals surface area contributed by atoms with E-state index in [1.807, 2.05) is 13.8 Å². The minimum absolute atomic E-state index is 0. The molecule has 0 radical (unpaired) electrons. The molecule has 0 aromatic rings. The molecule has 1 heterocycles. The van der Waals surface area contributed by atoms with Crippen molar-refractivity contribution in [2.24, 2.45) is 16.7 Å². The molecule has 3 rings (SSSR count). The lowest BCUT2D eigenvalue weighted by atomic mass is 9.48. The highest BCUT2D eigenvalue weighted by atomic mass is 32.3. The number of cyclic esters (lactones) is 1. The van der Waals surface area contributed by atoms with E-state index in [-0.39, 0.29) is 30.7 Å². The number of aliphatic hydroxyl groups is 1. The van der Waals surface area contributed by atoms with Crippen LogP contribution in [0.2, 0.25) is 0 Å². The van der Waals surface area contributed by atoms with Gasteiger partial charge >= 0.3 is 26.8 Å². The summed E-state index contributed by atoms with van der Waals surface area (Å²) in [5.74, 6) is -0.917. The maximum Gasteiger partial charge on any atom is 0.397 e. The number of esters is 1. The zero-order valence-electron chi connectivity index (χ0n) is 19.7. The molecule has 12 nitrogen and oxygen atoms in total. The van der Waals surface area contributed by atoms with Gasteiger partial charge in [0.15, 0.2) is 0 Å². The molecule has 34 heavy (non-hydrogen) atoms. The molecule has 0 amide bonds. The van der Waals surface area contributed by atoms with E-state index in [4.69, 9.17) is 17.7 Å². The largest absolute Gasteiger partial charge is 0.459 e. The lowest BCUT2D eigenvalue weighted by Gasteiger charge is -2.58. The second kappa shape index (κ2) is 9.93. The lowest BCUT2D eigenvalue weighted by Crippen LogP contribution is -2.56. The van der Waals surface area contributed by atoms with Crippen molar-refractivity contribution in [1.82, 2.24) is 6.15 Å². The molecule has 5 atom stereocenters. The predicted molar refractivity (Wildman–Crippen MR) is 120 cm³/mol. The van der Waals surface area contributed by atoms with Gasteiger partial charge in [0.1, 0.15) is 12.7 Å². The molecule has 3 aliphatic rings. The van der Waals surface area contributed by atoms with Crippen molar-refractivity contribution in [3.63, 3.8) is 0 Å². The van der Waals surface area contributed by atoms with Crippen LogP contribution < -0.4 is 6.15 Å². The molecule has 2 aliphatic carbocycles. The highest BCUT2D eigenvalue weighted by Crippen LogP contribution is 2.61. The van der Waals surface area contributed by atoms with E-state index >= 15 is 0 Å². The fourth-order valence-electron chi connectivity index (χ4n) is 5.90. The first kappa shape index (κ1) is 28.8. The molecule has 1 saturated heterocycles. The molecule has 14 heteroatoms. The number of carbonyl (C=O) groups excluding carboxylic acids is 1. The SMILES string of the molecule is CC1=C(C/C=C2/C(=O)OC[C@H]2O)[C@]2(C)CC[C@@H](OS(=O)(=O)O)[C@@](C)(COS(=O)(=O)O)C2CC1.[NH4+]. The molecule has 1 unspecified atom stereocenters. The van der Waals surface area contributed by atoms with Gasteiger partial charge in [-0.05, 0) is 50.4 Å².